The van der Waals surface area contributed by atoms with Crippen molar-refractivity contribution < 1.29 is 4.79 Å². The highest BCUT2D eigenvalue weighted by molar-refractivity contribution is 5.99. The maximum atomic E-state index is 12.2. The second-order valence-corrected chi connectivity index (χ2v) is 5.20. The SMILES string of the molecule is Cc1cc(C)n2ncc(C(=O)NCCNC(C)C)c2n1. The number of hydrogen-bond donors (Lipinski definition) is 2. The molecule has 6 heteroatoms. The largest absolute Gasteiger partial charge is 0.351 e. The molecular weight excluding hydrogens is 254 g/mol. The van der Waals surface area contributed by atoms with E-state index in [1.807, 2.05) is 19.9 Å². The van der Waals surface area contributed by atoms with Crippen molar-refractivity contribution in [1.29, 1.82) is 0 Å². The van der Waals surface area contributed by atoms with Crippen LogP contribution in [0.3, 0.4) is 0 Å². The molecule has 2 aromatic rings. The van der Waals surface area contributed by atoms with Crippen LogP contribution >= 0.6 is 0 Å². The molecule has 0 aromatic carbocycles. The van der Waals surface area contributed by atoms with Gasteiger partial charge in [-0.3, -0.25) is 4.79 Å². The van der Waals surface area contributed by atoms with Gasteiger partial charge in [-0.15, -0.1) is 0 Å². The van der Waals surface area contributed by atoms with Gasteiger partial charge in [-0.25, -0.2) is 9.50 Å². The predicted octanol–water partition coefficient (Wildman–Crippen LogP) is 1.07. The number of aromatic nitrogens is 3. The van der Waals surface area contributed by atoms with Crippen molar-refractivity contribution >= 4 is 11.6 Å². The van der Waals surface area contributed by atoms with Gasteiger partial charge >= 0.3 is 0 Å². The summed E-state index contributed by atoms with van der Waals surface area (Å²) in [5, 5.41) is 10.3. The second kappa shape index (κ2) is 6.00. The van der Waals surface area contributed by atoms with Gasteiger partial charge in [0.1, 0.15) is 5.56 Å². The summed E-state index contributed by atoms with van der Waals surface area (Å²) in [6.07, 6.45) is 1.57. The molecule has 2 rings (SSSR count). The van der Waals surface area contributed by atoms with Crippen LogP contribution in [0.4, 0.5) is 0 Å². The fourth-order valence-electron chi connectivity index (χ4n) is 2.06. The predicted molar refractivity (Wildman–Crippen MR) is 77.9 cm³/mol. The molecular formula is C14H21N5O. The van der Waals surface area contributed by atoms with E-state index >= 15 is 0 Å². The molecule has 0 aliphatic rings. The Hall–Kier alpha value is -1.95. The van der Waals surface area contributed by atoms with Crippen LogP contribution in [0, 0.1) is 13.8 Å². The highest BCUT2D eigenvalue weighted by atomic mass is 16.1. The van der Waals surface area contributed by atoms with E-state index in [4.69, 9.17) is 0 Å². The quantitative estimate of drug-likeness (QED) is 0.801. The van der Waals surface area contributed by atoms with Crippen LogP contribution in [-0.4, -0.2) is 39.6 Å². The summed E-state index contributed by atoms with van der Waals surface area (Å²) < 4.78 is 1.69. The topological polar surface area (TPSA) is 71.3 Å². The number of carbonyl (C=O) groups is 1. The minimum Gasteiger partial charge on any atom is -0.351 e. The average Bonchev–Trinajstić information content (AvgIpc) is 2.78. The van der Waals surface area contributed by atoms with Crippen molar-refractivity contribution in [2.45, 2.75) is 33.7 Å². The molecule has 0 atom stereocenters. The van der Waals surface area contributed by atoms with Crippen molar-refractivity contribution in [1.82, 2.24) is 25.2 Å². The third kappa shape index (κ3) is 3.14. The molecule has 0 unspecified atom stereocenters. The summed E-state index contributed by atoms with van der Waals surface area (Å²) in [5.41, 5.74) is 2.97. The summed E-state index contributed by atoms with van der Waals surface area (Å²) in [7, 11) is 0. The van der Waals surface area contributed by atoms with Crippen LogP contribution in [0.15, 0.2) is 12.3 Å². The Labute approximate surface area is 118 Å². The van der Waals surface area contributed by atoms with Crippen LogP contribution in [0.1, 0.15) is 35.6 Å². The highest BCUT2D eigenvalue weighted by Gasteiger charge is 2.14. The minimum atomic E-state index is -0.136. The molecule has 0 spiro atoms. The van der Waals surface area contributed by atoms with Crippen LogP contribution in [0.5, 0.6) is 0 Å². The summed E-state index contributed by atoms with van der Waals surface area (Å²) in [5.74, 6) is -0.136. The van der Waals surface area contributed by atoms with E-state index < -0.39 is 0 Å². The summed E-state index contributed by atoms with van der Waals surface area (Å²) in [6.45, 7) is 9.33. The first kappa shape index (κ1) is 14.5. The van der Waals surface area contributed by atoms with Crippen LogP contribution in [-0.2, 0) is 0 Å². The lowest BCUT2D eigenvalue weighted by atomic mass is 10.3. The molecule has 0 saturated carbocycles. The molecule has 2 heterocycles. The number of carbonyl (C=O) groups excluding carboxylic acids is 1. The van der Waals surface area contributed by atoms with Crippen LogP contribution in [0.2, 0.25) is 0 Å². The maximum absolute atomic E-state index is 12.2. The van der Waals surface area contributed by atoms with Gasteiger partial charge < -0.3 is 10.6 Å². The number of rotatable bonds is 5. The Bertz CT molecular complexity index is 617. The van der Waals surface area contributed by atoms with Crippen molar-refractivity contribution in [3.05, 3.63) is 29.2 Å². The zero-order valence-corrected chi connectivity index (χ0v) is 12.4. The van der Waals surface area contributed by atoms with E-state index in [-0.39, 0.29) is 5.91 Å². The summed E-state index contributed by atoms with van der Waals surface area (Å²) in [6, 6.07) is 2.35. The Balaban J connectivity index is 2.11. The smallest absolute Gasteiger partial charge is 0.256 e. The molecule has 1 amide bonds. The van der Waals surface area contributed by atoms with Crippen LogP contribution < -0.4 is 10.6 Å². The van der Waals surface area contributed by atoms with Gasteiger partial charge in [-0.2, -0.15) is 5.10 Å². The van der Waals surface area contributed by atoms with Gasteiger partial charge in [-0.05, 0) is 19.9 Å². The van der Waals surface area contributed by atoms with E-state index in [1.54, 1.807) is 10.7 Å². The zero-order chi connectivity index (χ0) is 14.7. The first-order valence-electron chi connectivity index (χ1n) is 6.82. The van der Waals surface area contributed by atoms with Crippen molar-refractivity contribution in [2.24, 2.45) is 0 Å². The van der Waals surface area contributed by atoms with Gasteiger partial charge in [0.05, 0.1) is 6.20 Å². The normalized spacial score (nSPS) is 11.2. The van der Waals surface area contributed by atoms with E-state index in [0.717, 1.165) is 17.9 Å². The number of amides is 1. The Morgan fingerprint density at radius 3 is 2.80 bits per heavy atom. The zero-order valence-electron chi connectivity index (χ0n) is 12.4. The van der Waals surface area contributed by atoms with Gasteiger partial charge in [0.15, 0.2) is 5.65 Å². The number of hydrogen-bond acceptors (Lipinski definition) is 4. The van der Waals surface area contributed by atoms with E-state index in [2.05, 4.69) is 34.6 Å². The second-order valence-electron chi connectivity index (χ2n) is 5.20. The molecule has 2 N–H and O–H groups in total. The molecule has 0 aliphatic carbocycles. The number of aryl methyl sites for hydroxylation is 2. The molecule has 108 valence electrons. The molecule has 6 nitrogen and oxygen atoms in total. The first-order valence-corrected chi connectivity index (χ1v) is 6.82. The fourth-order valence-corrected chi connectivity index (χ4v) is 2.06. The number of nitrogens with zero attached hydrogens (tertiary/aromatic N) is 3. The standard InChI is InChI=1S/C14H21N5O/c1-9(2)15-5-6-16-14(20)12-8-17-19-11(4)7-10(3)18-13(12)19/h7-9,15H,5-6H2,1-4H3,(H,16,20). The van der Waals surface area contributed by atoms with E-state index in [0.29, 0.717) is 23.8 Å². The Morgan fingerprint density at radius 1 is 1.35 bits per heavy atom. The average molecular weight is 275 g/mol. The molecule has 20 heavy (non-hydrogen) atoms. The van der Waals surface area contributed by atoms with Crippen molar-refractivity contribution in [3.8, 4) is 0 Å². The molecule has 0 aliphatic heterocycles. The van der Waals surface area contributed by atoms with Gasteiger partial charge in [0.25, 0.3) is 5.91 Å². The minimum absolute atomic E-state index is 0.136. The Kier molecular flexibility index (Phi) is 4.34. The lowest BCUT2D eigenvalue weighted by Crippen LogP contribution is -2.34. The third-order valence-corrected chi connectivity index (χ3v) is 2.99. The highest BCUT2D eigenvalue weighted by Crippen LogP contribution is 2.11. The van der Waals surface area contributed by atoms with Gasteiger partial charge in [-0.1, -0.05) is 13.8 Å². The summed E-state index contributed by atoms with van der Waals surface area (Å²) in [4.78, 5) is 16.6. The lowest BCUT2D eigenvalue weighted by molar-refractivity contribution is 0.0955. The molecule has 2 aromatic heterocycles. The van der Waals surface area contributed by atoms with Gasteiger partial charge in [0, 0.05) is 30.5 Å². The van der Waals surface area contributed by atoms with Crippen LogP contribution in [0.25, 0.3) is 5.65 Å². The van der Waals surface area contributed by atoms with E-state index in [1.165, 1.54) is 0 Å². The van der Waals surface area contributed by atoms with E-state index in [9.17, 15) is 4.79 Å². The third-order valence-electron chi connectivity index (χ3n) is 2.99. The Morgan fingerprint density at radius 2 is 2.10 bits per heavy atom. The number of nitrogens with one attached hydrogen (secondary N) is 2. The lowest BCUT2D eigenvalue weighted by Gasteiger charge is -2.08. The van der Waals surface area contributed by atoms with Gasteiger partial charge in [0.2, 0.25) is 0 Å². The number of fused-ring (bicyclic) bond motifs is 1. The maximum Gasteiger partial charge on any atom is 0.256 e. The first-order chi connectivity index (χ1) is 9.49. The molecule has 0 fully saturated rings. The fraction of sp³-hybridized carbons (Fsp3) is 0.500. The summed E-state index contributed by atoms with van der Waals surface area (Å²) >= 11 is 0. The molecule has 0 saturated heterocycles. The van der Waals surface area contributed by atoms with Crippen molar-refractivity contribution in [3.63, 3.8) is 0 Å². The monoisotopic (exact) mass is 275 g/mol. The molecule has 0 bridgehead atoms. The van der Waals surface area contributed by atoms with Crippen molar-refractivity contribution in [2.75, 3.05) is 13.1 Å². The molecule has 0 radical (unpaired) electrons.